The lowest BCUT2D eigenvalue weighted by molar-refractivity contribution is -0.126. The molecular weight excluding hydrogens is 354 g/mol. The van der Waals surface area contributed by atoms with Crippen LogP contribution in [0.25, 0.3) is 11.0 Å². The SMILES string of the molecule is CC12CCC(C/C1=N\NC(=O)COn1nnc3ccc(Cl)cc31)C2(C)C. The Bertz CT molecular complexity index is 906. The van der Waals surface area contributed by atoms with Gasteiger partial charge in [0.2, 0.25) is 0 Å². The standard InChI is InChI=1S/C18H22ClN5O2/c1-17(2)11-6-7-18(17,3)15(8-11)21-22-16(25)10-26-24-14-9-12(19)4-5-13(14)20-23-24/h4-5,9,11H,6-8,10H2,1-3H3,(H,22,25)/b21-15+. The van der Waals surface area contributed by atoms with E-state index in [4.69, 9.17) is 16.4 Å². The van der Waals surface area contributed by atoms with Crippen LogP contribution in [-0.4, -0.2) is 33.4 Å². The fourth-order valence-corrected chi connectivity index (χ4v) is 4.51. The third-order valence-electron chi connectivity index (χ3n) is 6.52. The van der Waals surface area contributed by atoms with Crippen LogP contribution in [0.4, 0.5) is 0 Å². The minimum absolute atomic E-state index is 0.0602. The zero-order valence-corrected chi connectivity index (χ0v) is 15.9. The Balaban J connectivity index is 1.40. The molecule has 7 nitrogen and oxygen atoms in total. The van der Waals surface area contributed by atoms with Crippen LogP contribution in [0.2, 0.25) is 5.02 Å². The molecule has 138 valence electrons. The molecule has 1 aromatic carbocycles. The third-order valence-corrected chi connectivity index (χ3v) is 6.76. The largest absolute Gasteiger partial charge is 0.385 e. The number of rotatable bonds is 4. The number of hydrogen-bond donors (Lipinski definition) is 1. The number of carbonyl (C=O) groups is 1. The molecule has 8 heteroatoms. The monoisotopic (exact) mass is 375 g/mol. The van der Waals surface area contributed by atoms with Crippen molar-refractivity contribution in [2.24, 2.45) is 21.8 Å². The highest BCUT2D eigenvalue weighted by atomic mass is 35.5. The van der Waals surface area contributed by atoms with Crippen LogP contribution in [-0.2, 0) is 4.79 Å². The van der Waals surface area contributed by atoms with Crippen molar-refractivity contribution in [3.63, 3.8) is 0 Å². The van der Waals surface area contributed by atoms with Gasteiger partial charge in [-0.25, -0.2) is 5.43 Å². The normalized spacial score (nSPS) is 28.0. The summed E-state index contributed by atoms with van der Waals surface area (Å²) < 4.78 is 0. The molecule has 4 rings (SSSR count). The molecule has 0 saturated heterocycles. The van der Waals surface area contributed by atoms with E-state index in [1.54, 1.807) is 18.2 Å². The van der Waals surface area contributed by atoms with E-state index in [0.717, 1.165) is 18.6 Å². The third kappa shape index (κ3) is 2.57. The molecule has 26 heavy (non-hydrogen) atoms. The number of aromatic nitrogens is 3. The van der Waals surface area contributed by atoms with Gasteiger partial charge in [0.1, 0.15) is 11.0 Å². The number of hydrogen-bond acceptors (Lipinski definition) is 5. The molecule has 1 amide bonds. The second-order valence-electron chi connectivity index (χ2n) is 7.96. The van der Waals surface area contributed by atoms with Gasteiger partial charge in [0.15, 0.2) is 6.61 Å². The summed E-state index contributed by atoms with van der Waals surface area (Å²) in [5.41, 5.74) is 5.26. The number of nitrogens with zero attached hydrogens (tertiary/aromatic N) is 4. The number of hydrazone groups is 1. The Morgan fingerprint density at radius 1 is 1.46 bits per heavy atom. The van der Waals surface area contributed by atoms with Crippen LogP contribution in [0.1, 0.15) is 40.0 Å². The van der Waals surface area contributed by atoms with Crippen molar-refractivity contribution in [3.05, 3.63) is 23.2 Å². The number of halogens is 1. The van der Waals surface area contributed by atoms with Crippen molar-refractivity contribution in [3.8, 4) is 0 Å². The summed E-state index contributed by atoms with van der Waals surface area (Å²) in [4.78, 5) is 18.8. The summed E-state index contributed by atoms with van der Waals surface area (Å²) in [7, 11) is 0. The molecule has 2 saturated carbocycles. The lowest BCUT2D eigenvalue weighted by Crippen LogP contribution is -2.35. The van der Waals surface area contributed by atoms with Crippen LogP contribution < -0.4 is 10.3 Å². The molecule has 2 fully saturated rings. The van der Waals surface area contributed by atoms with Gasteiger partial charge in [0.05, 0.1) is 0 Å². The van der Waals surface area contributed by atoms with Crippen LogP contribution in [0.3, 0.4) is 0 Å². The molecule has 2 unspecified atom stereocenters. The quantitative estimate of drug-likeness (QED) is 0.833. The molecule has 0 radical (unpaired) electrons. The van der Waals surface area contributed by atoms with E-state index in [1.165, 1.54) is 11.3 Å². The fraction of sp³-hybridized carbons (Fsp3) is 0.556. The summed E-state index contributed by atoms with van der Waals surface area (Å²) in [6.07, 6.45) is 3.32. The molecule has 0 aliphatic heterocycles. The summed E-state index contributed by atoms with van der Waals surface area (Å²) >= 11 is 5.98. The first kappa shape index (κ1) is 17.3. The maximum Gasteiger partial charge on any atom is 0.280 e. The second kappa shape index (κ2) is 5.94. The Labute approximate surface area is 156 Å². The van der Waals surface area contributed by atoms with Crippen molar-refractivity contribution < 1.29 is 9.63 Å². The van der Waals surface area contributed by atoms with E-state index in [-0.39, 0.29) is 23.3 Å². The summed E-state index contributed by atoms with van der Waals surface area (Å²) in [5, 5.41) is 12.8. The maximum atomic E-state index is 12.1. The van der Waals surface area contributed by atoms with Crippen LogP contribution >= 0.6 is 11.6 Å². The summed E-state index contributed by atoms with van der Waals surface area (Å²) in [6, 6.07) is 5.16. The van der Waals surface area contributed by atoms with Crippen LogP contribution in [0, 0.1) is 16.7 Å². The molecule has 2 aliphatic carbocycles. The highest BCUT2D eigenvalue weighted by Crippen LogP contribution is 2.63. The minimum Gasteiger partial charge on any atom is -0.385 e. The highest BCUT2D eigenvalue weighted by molar-refractivity contribution is 6.31. The van der Waals surface area contributed by atoms with Crippen LogP contribution in [0.15, 0.2) is 23.3 Å². The van der Waals surface area contributed by atoms with Crippen molar-refractivity contribution in [1.29, 1.82) is 0 Å². The van der Waals surface area contributed by atoms with Crippen LogP contribution in [0.5, 0.6) is 0 Å². The van der Waals surface area contributed by atoms with E-state index in [9.17, 15) is 4.79 Å². The summed E-state index contributed by atoms with van der Waals surface area (Å²) in [6.45, 7) is 6.66. The smallest absolute Gasteiger partial charge is 0.280 e. The van der Waals surface area contributed by atoms with Crippen molar-refractivity contribution >= 4 is 34.3 Å². The molecular formula is C18H22ClN5O2. The van der Waals surface area contributed by atoms with Crippen molar-refractivity contribution in [1.82, 2.24) is 20.6 Å². The Morgan fingerprint density at radius 3 is 2.96 bits per heavy atom. The fourth-order valence-electron chi connectivity index (χ4n) is 4.35. The van der Waals surface area contributed by atoms with E-state index >= 15 is 0 Å². The van der Waals surface area contributed by atoms with Gasteiger partial charge < -0.3 is 4.84 Å². The predicted molar refractivity (Wildman–Crippen MR) is 98.8 cm³/mol. The average molecular weight is 376 g/mol. The van der Waals surface area contributed by atoms with Gasteiger partial charge in [-0.05, 0) is 54.0 Å². The van der Waals surface area contributed by atoms with Gasteiger partial charge in [0, 0.05) is 16.1 Å². The van der Waals surface area contributed by atoms with Gasteiger partial charge in [-0.1, -0.05) is 37.2 Å². The lowest BCUT2D eigenvalue weighted by atomic mass is 9.70. The molecule has 2 bridgehead atoms. The molecule has 1 N–H and O–H groups in total. The van der Waals surface area contributed by atoms with E-state index in [0.29, 0.717) is 22.0 Å². The van der Waals surface area contributed by atoms with Gasteiger partial charge in [0.25, 0.3) is 5.91 Å². The average Bonchev–Trinajstić information content (AvgIpc) is 3.16. The first-order valence-corrected chi connectivity index (χ1v) is 9.19. The second-order valence-corrected chi connectivity index (χ2v) is 8.39. The first-order valence-electron chi connectivity index (χ1n) is 8.81. The molecule has 1 heterocycles. The highest BCUT2D eigenvalue weighted by Gasteiger charge is 2.60. The Morgan fingerprint density at radius 2 is 2.27 bits per heavy atom. The molecule has 1 aromatic heterocycles. The van der Waals surface area contributed by atoms with Gasteiger partial charge >= 0.3 is 0 Å². The number of amides is 1. The van der Waals surface area contributed by atoms with E-state index < -0.39 is 0 Å². The number of carbonyl (C=O) groups excluding carboxylic acids is 1. The molecule has 0 spiro atoms. The Kier molecular flexibility index (Phi) is 3.95. The Hall–Kier alpha value is -2.15. The predicted octanol–water partition coefficient (Wildman–Crippen LogP) is 2.83. The zero-order valence-electron chi connectivity index (χ0n) is 15.1. The van der Waals surface area contributed by atoms with E-state index in [1.807, 2.05) is 0 Å². The first-order chi connectivity index (χ1) is 12.3. The molecule has 2 aliphatic rings. The molecule has 2 aromatic rings. The van der Waals surface area contributed by atoms with Gasteiger partial charge in [-0.15, -0.1) is 5.10 Å². The maximum absolute atomic E-state index is 12.1. The number of nitrogens with one attached hydrogen (secondary N) is 1. The molecule has 2 atom stereocenters. The minimum atomic E-state index is -0.327. The summed E-state index contributed by atoms with van der Waals surface area (Å²) in [5.74, 6) is 0.318. The van der Waals surface area contributed by atoms with Crippen molar-refractivity contribution in [2.45, 2.75) is 40.0 Å². The van der Waals surface area contributed by atoms with E-state index in [2.05, 4.69) is 41.6 Å². The van der Waals surface area contributed by atoms with Crippen molar-refractivity contribution in [2.75, 3.05) is 6.61 Å². The van der Waals surface area contributed by atoms with Gasteiger partial charge in [-0.3, -0.25) is 4.79 Å². The van der Waals surface area contributed by atoms with Gasteiger partial charge in [-0.2, -0.15) is 5.10 Å². The number of benzene rings is 1. The number of fused-ring (bicyclic) bond motifs is 3. The topological polar surface area (TPSA) is 81.4 Å². The zero-order chi connectivity index (χ0) is 18.5. The lowest BCUT2D eigenvalue weighted by Gasteiger charge is -2.34.